The summed E-state index contributed by atoms with van der Waals surface area (Å²) < 4.78 is 70.3. The van der Waals surface area contributed by atoms with Crippen LogP contribution in [0.2, 0.25) is 25.7 Å². The quantitative estimate of drug-likeness (QED) is 0.129. The minimum absolute atomic E-state index is 0.00614. The number of sulfone groups is 1. The Morgan fingerprint density at radius 2 is 1.74 bits per heavy atom. The average molecular weight is 730 g/mol. The maximum absolute atomic E-state index is 15.4. The molecule has 4 aromatic rings. The molecular formula is C34H41F2N5O7SSi. The van der Waals surface area contributed by atoms with Crippen LogP contribution in [0.1, 0.15) is 24.0 Å². The number of halogens is 2. The van der Waals surface area contributed by atoms with Gasteiger partial charge in [0.1, 0.15) is 24.7 Å². The van der Waals surface area contributed by atoms with E-state index in [1.165, 1.54) is 23.4 Å². The fourth-order valence-corrected chi connectivity index (χ4v) is 8.43. The molecule has 5 rings (SSSR count). The van der Waals surface area contributed by atoms with Gasteiger partial charge in [0.25, 0.3) is 0 Å². The van der Waals surface area contributed by atoms with Gasteiger partial charge in [-0.2, -0.15) is 0 Å². The van der Waals surface area contributed by atoms with E-state index in [0.29, 0.717) is 23.2 Å². The van der Waals surface area contributed by atoms with Crippen molar-refractivity contribution in [2.24, 2.45) is 0 Å². The van der Waals surface area contributed by atoms with E-state index >= 15 is 8.78 Å². The van der Waals surface area contributed by atoms with Crippen LogP contribution in [0.3, 0.4) is 0 Å². The maximum Gasteiger partial charge on any atom is 0.405 e. The van der Waals surface area contributed by atoms with Gasteiger partial charge in [-0.05, 0) is 61.2 Å². The lowest BCUT2D eigenvalue weighted by Crippen LogP contribution is -2.52. The highest BCUT2D eigenvalue weighted by molar-refractivity contribution is 7.92. The molecule has 0 spiro atoms. The van der Waals surface area contributed by atoms with Gasteiger partial charge in [-0.3, -0.25) is 4.79 Å². The molecule has 1 atom stereocenters. The van der Waals surface area contributed by atoms with Crippen molar-refractivity contribution in [3.63, 3.8) is 0 Å². The Bertz CT molecular complexity index is 1940. The van der Waals surface area contributed by atoms with Gasteiger partial charge >= 0.3 is 6.09 Å². The number of nitrogens with zero attached hydrogens (tertiary/aromatic N) is 4. The first-order valence-electron chi connectivity index (χ1n) is 16.2. The van der Waals surface area contributed by atoms with Crippen LogP contribution in [-0.2, 0) is 32.5 Å². The molecule has 0 saturated carbocycles. The minimum Gasteiger partial charge on any atom is -0.465 e. The number of fused-ring (bicyclic) bond motifs is 1. The molecule has 0 unspecified atom stereocenters. The van der Waals surface area contributed by atoms with Crippen molar-refractivity contribution >= 4 is 40.9 Å². The van der Waals surface area contributed by atoms with Crippen LogP contribution >= 0.6 is 0 Å². The summed E-state index contributed by atoms with van der Waals surface area (Å²) in [6.45, 7) is 9.54. The lowest BCUT2D eigenvalue weighted by molar-refractivity contribution is -0.134. The summed E-state index contributed by atoms with van der Waals surface area (Å²) in [6, 6.07) is 9.60. The van der Waals surface area contributed by atoms with Crippen LogP contribution in [0.5, 0.6) is 11.6 Å². The van der Waals surface area contributed by atoms with Crippen LogP contribution in [0.4, 0.5) is 13.6 Å². The number of aryl methyl sites for hydroxylation is 1. The van der Waals surface area contributed by atoms with E-state index in [0.717, 1.165) is 18.2 Å². The summed E-state index contributed by atoms with van der Waals surface area (Å²) in [4.78, 5) is 35.1. The number of hydrogen-bond acceptors (Lipinski definition) is 8. The van der Waals surface area contributed by atoms with Gasteiger partial charge in [0.15, 0.2) is 21.5 Å². The predicted molar refractivity (Wildman–Crippen MR) is 185 cm³/mol. The maximum atomic E-state index is 15.4. The van der Waals surface area contributed by atoms with Crippen LogP contribution in [0.15, 0.2) is 59.9 Å². The van der Waals surface area contributed by atoms with Gasteiger partial charge in [-0.25, -0.2) is 32.0 Å². The average Bonchev–Trinajstić information content (AvgIpc) is 3.39. The number of ether oxygens (including phenoxy) is 2. The number of carbonyl (C=O) groups excluding carboxylic acids is 1. The Morgan fingerprint density at radius 3 is 2.36 bits per heavy atom. The summed E-state index contributed by atoms with van der Waals surface area (Å²) >= 11 is 0. The summed E-state index contributed by atoms with van der Waals surface area (Å²) in [5.74, 6) is -3.56. The number of rotatable bonds is 13. The third-order valence-corrected chi connectivity index (χ3v) is 12.6. The zero-order valence-electron chi connectivity index (χ0n) is 28.4. The van der Waals surface area contributed by atoms with Crippen molar-refractivity contribution in [3.05, 3.63) is 77.8 Å². The molecule has 2 amide bonds. The third kappa shape index (κ3) is 8.65. The fourth-order valence-electron chi connectivity index (χ4n) is 5.92. The van der Waals surface area contributed by atoms with Gasteiger partial charge < -0.3 is 29.4 Å². The van der Waals surface area contributed by atoms with Crippen LogP contribution in [0.25, 0.3) is 11.0 Å². The summed E-state index contributed by atoms with van der Waals surface area (Å²) in [5.41, 5.74) is 1.19. The van der Waals surface area contributed by atoms with Crippen molar-refractivity contribution in [1.29, 1.82) is 0 Å². The molecule has 0 radical (unpaired) electrons. The number of benzene rings is 2. The number of piperidine rings is 1. The first-order chi connectivity index (χ1) is 23.6. The molecule has 12 nitrogen and oxygen atoms in total. The standard InChI is InChI=1S/C34H41F2N5O7SSi/c1-22-19-41(21-47-14-15-50(2,3)4)31-29(22)32(38-20-37-31)48-30-26(35)16-23(17-27(30)36)18-28(39-34(43)44)33(42)40-12-10-25(11-13-40)49(45,46)24-8-6-5-7-9-24/h5-9,16-17,19-20,25,28,39H,10-15,18,21H2,1-4H3,(H,43,44)/t28-/m0/s1. The highest BCUT2D eigenvalue weighted by Gasteiger charge is 2.35. The number of aromatic nitrogens is 3. The van der Waals surface area contributed by atoms with E-state index in [1.54, 1.807) is 35.9 Å². The monoisotopic (exact) mass is 729 g/mol. The summed E-state index contributed by atoms with van der Waals surface area (Å²) in [6.07, 6.45) is 1.48. The summed E-state index contributed by atoms with van der Waals surface area (Å²) in [5, 5.41) is 11.4. The number of hydrogen-bond donors (Lipinski definition) is 2. The number of likely N-dealkylation sites (tertiary alicyclic amines) is 1. The Balaban J connectivity index is 1.28. The molecule has 1 fully saturated rings. The number of amides is 2. The van der Waals surface area contributed by atoms with E-state index in [4.69, 9.17) is 9.47 Å². The SMILES string of the molecule is Cc1cn(COCC[Si](C)(C)C)c2ncnc(Oc3c(F)cc(C[C@H](NC(=O)O)C(=O)N4CCC(S(=O)(=O)c5ccccc5)CC4)cc3F)c12. The van der Waals surface area contributed by atoms with Crippen LogP contribution in [0, 0.1) is 18.6 Å². The Labute approximate surface area is 290 Å². The Kier molecular flexibility index (Phi) is 11.2. The predicted octanol–water partition coefficient (Wildman–Crippen LogP) is 5.77. The first-order valence-corrected chi connectivity index (χ1v) is 21.5. The fraction of sp³-hybridized carbons (Fsp3) is 0.412. The van der Waals surface area contributed by atoms with Gasteiger partial charge in [-0.15, -0.1) is 0 Å². The first kappa shape index (κ1) is 36.9. The molecule has 2 N–H and O–H groups in total. The number of carbonyl (C=O) groups is 2. The van der Waals surface area contributed by atoms with E-state index in [2.05, 4.69) is 34.9 Å². The second-order valence-electron chi connectivity index (χ2n) is 13.6. The molecule has 50 heavy (non-hydrogen) atoms. The summed E-state index contributed by atoms with van der Waals surface area (Å²) in [7, 11) is -4.89. The van der Waals surface area contributed by atoms with Crippen LogP contribution in [-0.4, -0.2) is 84.0 Å². The smallest absolute Gasteiger partial charge is 0.405 e. The largest absolute Gasteiger partial charge is 0.465 e. The van der Waals surface area contributed by atoms with Gasteiger partial charge in [0.2, 0.25) is 17.5 Å². The number of nitrogens with one attached hydrogen (secondary N) is 1. The number of carboxylic acid groups (broad SMARTS) is 1. The molecular weight excluding hydrogens is 689 g/mol. The van der Waals surface area contributed by atoms with Crippen molar-refractivity contribution < 1.29 is 41.4 Å². The highest BCUT2D eigenvalue weighted by Crippen LogP contribution is 2.34. The third-order valence-electron chi connectivity index (χ3n) is 8.59. The van der Waals surface area contributed by atoms with E-state index in [-0.39, 0.29) is 55.4 Å². The van der Waals surface area contributed by atoms with E-state index in [9.17, 15) is 23.1 Å². The zero-order chi connectivity index (χ0) is 36.2. The van der Waals surface area contributed by atoms with Crippen molar-refractivity contribution in [1.82, 2.24) is 24.8 Å². The molecule has 16 heteroatoms. The lowest BCUT2D eigenvalue weighted by atomic mass is 10.0. The molecule has 3 heterocycles. The molecule has 2 aromatic heterocycles. The van der Waals surface area contributed by atoms with Gasteiger partial charge in [-0.1, -0.05) is 37.8 Å². The van der Waals surface area contributed by atoms with Gasteiger partial charge in [0.05, 0.1) is 15.5 Å². The van der Waals surface area contributed by atoms with Gasteiger partial charge in [0, 0.05) is 40.4 Å². The molecule has 0 bridgehead atoms. The van der Waals surface area contributed by atoms with Crippen LogP contribution < -0.4 is 10.1 Å². The van der Waals surface area contributed by atoms with E-state index < -0.39 is 58.6 Å². The molecule has 1 aliphatic rings. The molecule has 268 valence electrons. The topological polar surface area (TPSA) is 153 Å². The van der Waals surface area contributed by atoms with Crippen molar-refractivity contribution in [2.45, 2.75) is 74.8 Å². The molecule has 1 aliphatic heterocycles. The molecule has 1 saturated heterocycles. The molecule has 0 aliphatic carbocycles. The second kappa shape index (κ2) is 15.2. The minimum atomic E-state index is -3.61. The molecule has 2 aromatic carbocycles. The Morgan fingerprint density at radius 1 is 1.08 bits per heavy atom. The second-order valence-corrected chi connectivity index (χ2v) is 21.4. The lowest BCUT2D eigenvalue weighted by Gasteiger charge is -2.34. The zero-order valence-corrected chi connectivity index (χ0v) is 30.2. The van der Waals surface area contributed by atoms with E-state index in [1.807, 2.05) is 0 Å². The highest BCUT2D eigenvalue weighted by atomic mass is 32.2. The van der Waals surface area contributed by atoms with Crippen molar-refractivity contribution in [2.75, 3.05) is 19.7 Å². The van der Waals surface area contributed by atoms with Crippen molar-refractivity contribution in [3.8, 4) is 11.6 Å². The normalized spacial score (nSPS) is 14.9. The Hall–Kier alpha value is -4.41.